The van der Waals surface area contributed by atoms with E-state index >= 15 is 0 Å². The van der Waals surface area contributed by atoms with Crippen molar-refractivity contribution in [3.8, 4) is 0 Å². The average molecular weight is 395 g/mol. The second-order valence-corrected chi connectivity index (χ2v) is 11.6. The number of rotatable bonds is 18. The van der Waals surface area contributed by atoms with Crippen molar-refractivity contribution in [2.24, 2.45) is 0 Å². The number of hydrogen-bond donors (Lipinski definition) is 0. The molecule has 0 saturated heterocycles. The highest BCUT2D eigenvalue weighted by atomic mass is 32.0. The van der Waals surface area contributed by atoms with Gasteiger partial charge in [0.1, 0.15) is 0 Å². The van der Waals surface area contributed by atoms with Crippen LogP contribution in [0.4, 0.5) is 0 Å². The summed E-state index contributed by atoms with van der Waals surface area (Å²) in [7, 11) is 3.09. The van der Waals surface area contributed by atoms with Crippen LogP contribution in [-0.4, -0.2) is 6.16 Å². The summed E-state index contributed by atoms with van der Waals surface area (Å²) in [5.41, 5.74) is 0. The van der Waals surface area contributed by atoms with Crippen molar-refractivity contribution in [3.05, 3.63) is 30.3 Å². The lowest BCUT2D eigenvalue weighted by Crippen LogP contribution is -1.98. The maximum atomic E-state index is 3.09. The Hall–Kier alpha value is 0.0800. The summed E-state index contributed by atoms with van der Waals surface area (Å²) in [6.45, 7) is 2.30. The van der Waals surface area contributed by atoms with Crippen molar-refractivity contribution in [1.29, 1.82) is 0 Å². The molecule has 1 aromatic carbocycles. The summed E-state index contributed by atoms with van der Waals surface area (Å²) in [6.07, 6.45) is 24.6. The van der Waals surface area contributed by atoms with E-state index in [1.54, 1.807) is 0 Å². The minimum Gasteiger partial charge on any atom is -0.107 e. The van der Waals surface area contributed by atoms with Crippen LogP contribution in [0.15, 0.2) is 30.3 Å². The standard InChI is InChI=1S/C24H44P2/c1-2-3-4-5-6-7-8-9-10-11-12-13-14-15-16-20-23-26(25)24-21-18-17-19-22-24/h17-19,21-22H,2-16,20,23,25H2,1H3. The molecule has 150 valence electrons. The topological polar surface area (TPSA) is 0 Å². The van der Waals surface area contributed by atoms with Crippen molar-refractivity contribution in [2.45, 2.75) is 110 Å². The molecule has 0 N–H and O–H groups in total. The van der Waals surface area contributed by atoms with Crippen LogP contribution in [0.3, 0.4) is 0 Å². The van der Waals surface area contributed by atoms with Gasteiger partial charge in [0.25, 0.3) is 0 Å². The largest absolute Gasteiger partial charge is 0.107 e. The smallest absolute Gasteiger partial charge is 0.0202 e. The average Bonchev–Trinajstić information content (AvgIpc) is 2.68. The van der Waals surface area contributed by atoms with Gasteiger partial charge in [-0.3, -0.25) is 0 Å². The molecule has 2 unspecified atom stereocenters. The van der Waals surface area contributed by atoms with Crippen molar-refractivity contribution < 1.29 is 0 Å². The number of unbranched alkanes of at least 4 members (excludes halogenated alkanes) is 15. The molecular formula is C24H44P2. The molecule has 1 rings (SSSR count). The van der Waals surface area contributed by atoms with Gasteiger partial charge in [0, 0.05) is 0 Å². The van der Waals surface area contributed by atoms with Crippen molar-refractivity contribution in [3.63, 3.8) is 0 Å². The fourth-order valence-corrected chi connectivity index (χ4v) is 6.02. The summed E-state index contributed by atoms with van der Waals surface area (Å²) in [5, 5.41) is 1.54. The Morgan fingerprint density at radius 1 is 0.577 bits per heavy atom. The van der Waals surface area contributed by atoms with Gasteiger partial charge < -0.3 is 0 Å². The van der Waals surface area contributed by atoms with Crippen LogP contribution in [0.5, 0.6) is 0 Å². The molecule has 0 bridgehead atoms. The molecule has 0 aliphatic carbocycles. The zero-order valence-corrected chi connectivity index (χ0v) is 19.5. The molecule has 0 aromatic heterocycles. The third-order valence-electron chi connectivity index (χ3n) is 5.34. The summed E-state index contributed by atoms with van der Waals surface area (Å²) < 4.78 is 0. The van der Waals surface area contributed by atoms with Gasteiger partial charge >= 0.3 is 0 Å². The van der Waals surface area contributed by atoms with E-state index in [1.807, 2.05) is 0 Å². The van der Waals surface area contributed by atoms with Crippen LogP contribution in [0.2, 0.25) is 0 Å². The Kier molecular flexibility index (Phi) is 17.1. The fraction of sp³-hybridized carbons (Fsp3) is 0.750. The van der Waals surface area contributed by atoms with Crippen molar-refractivity contribution >= 4 is 21.8 Å². The van der Waals surface area contributed by atoms with E-state index in [0.717, 1.165) is 0 Å². The molecule has 0 aliphatic rings. The Labute approximate surface area is 168 Å². The molecule has 0 spiro atoms. The minimum absolute atomic E-state index is 0.00167. The van der Waals surface area contributed by atoms with Gasteiger partial charge in [-0.15, -0.1) is 8.93 Å². The van der Waals surface area contributed by atoms with Crippen LogP contribution >= 0.6 is 16.5 Å². The van der Waals surface area contributed by atoms with Crippen LogP contribution in [0.25, 0.3) is 0 Å². The predicted octanol–water partition coefficient (Wildman–Crippen LogP) is 8.85. The van der Waals surface area contributed by atoms with Gasteiger partial charge in [-0.2, -0.15) is 0 Å². The Morgan fingerprint density at radius 3 is 1.38 bits per heavy atom. The minimum atomic E-state index is -0.00167. The molecule has 26 heavy (non-hydrogen) atoms. The van der Waals surface area contributed by atoms with E-state index in [2.05, 4.69) is 46.2 Å². The lowest BCUT2D eigenvalue weighted by molar-refractivity contribution is 0.531. The van der Waals surface area contributed by atoms with Crippen LogP contribution in [0.1, 0.15) is 110 Å². The highest BCUT2D eigenvalue weighted by molar-refractivity contribution is 8.17. The first-order valence-corrected chi connectivity index (χ1v) is 14.6. The van der Waals surface area contributed by atoms with E-state index < -0.39 is 0 Å². The molecule has 0 aliphatic heterocycles. The normalized spacial score (nSPS) is 12.4. The molecule has 0 amide bonds. The maximum Gasteiger partial charge on any atom is -0.0202 e. The first-order valence-electron chi connectivity index (χ1n) is 11.4. The Balaban J connectivity index is 1.76. The molecular weight excluding hydrogens is 350 g/mol. The van der Waals surface area contributed by atoms with Gasteiger partial charge in [-0.1, -0.05) is 141 Å². The van der Waals surface area contributed by atoms with Gasteiger partial charge in [0.2, 0.25) is 0 Å². The third kappa shape index (κ3) is 14.2. The monoisotopic (exact) mass is 394 g/mol. The van der Waals surface area contributed by atoms with Gasteiger partial charge in [0.15, 0.2) is 0 Å². The van der Waals surface area contributed by atoms with Gasteiger partial charge in [-0.25, -0.2) is 0 Å². The molecule has 0 heterocycles. The zero-order valence-electron chi connectivity index (χ0n) is 17.4. The lowest BCUT2D eigenvalue weighted by atomic mass is 10.0. The molecule has 0 fully saturated rings. The first kappa shape index (κ1) is 24.1. The highest BCUT2D eigenvalue weighted by Gasteiger charge is 2.03. The van der Waals surface area contributed by atoms with Gasteiger partial charge in [-0.05, 0) is 17.9 Å². The van der Waals surface area contributed by atoms with Crippen molar-refractivity contribution in [1.82, 2.24) is 0 Å². The van der Waals surface area contributed by atoms with Crippen LogP contribution < -0.4 is 5.30 Å². The fourth-order valence-electron chi connectivity index (χ4n) is 3.58. The van der Waals surface area contributed by atoms with E-state index in [-0.39, 0.29) is 7.61 Å². The predicted molar refractivity (Wildman–Crippen MR) is 127 cm³/mol. The first-order chi connectivity index (χ1) is 12.8. The molecule has 0 nitrogen and oxygen atoms in total. The summed E-state index contributed by atoms with van der Waals surface area (Å²) in [6, 6.07) is 11.0. The lowest BCUT2D eigenvalue weighted by Gasteiger charge is -2.11. The van der Waals surface area contributed by atoms with E-state index in [0.29, 0.717) is 0 Å². The SMILES string of the molecule is CCCCCCCCCCCCCCCCCCP(P)c1ccccc1. The summed E-state index contributed by atoms with van der Waals surface area (Å²) in [4.78, 5) is 0. The van der Waals surface area contributed by atoms with E-state index in [9.17, 15) is 0 Å². The third-order valence-corrected chi connectivity index (χ3v) is 8.77. The highest BCUT2D eigenvalue weighted by Crippen LogP contribution is 2.43. The van der Waals surface area contributed by atoms with E-state index in [4.69, 9.17) is 0 Å². The van der Waals surface area contributed by atoms with Crippen molar-refractivity contribution in [2.75, 3.05) is 6.16 Å². The zero-order chi connectivity index (χ0) is 18.7. The van der Waals surface area contributed by atoms with Crippen LogP contribution in [-0.2, 0) is 0 Å². The number of benzene rings is 1. The maximum absolute atomic E-state index is 3.09. The number of hydrogen-bond acceptors (Lipinski definition) is 0. The van der Waals surface area contributed by atoms with Gasteiger partial charge in [0.05, 0.1) is 0 Å². The summed E-state index contributed by atoms with van der Waals surface area (Å²) >= 11 is 0. The molecule has 0 saturated carbocycles. The molecule has 1 aromatic rings. The second-order valence-electron chi connectivity index (χ2n) is 7.83. The van der Waals surface area contributed by atoms with Crippen LogP contribution in [0, 0.1) is 0 Å². The quantitative estimate of drug-likeness (QED) is 0.172. The second kappa shape index (κ2) is 18.4. The summed E-state index contributed by atoms with van der Waals surface area (Å²) in [5.74, 6) is 0. The Bertz CT molecular complexity index is 390. The molecule has 2 atom stereocenters. The Morgan fingerprint density at radius 2 is 0.962 bits per heavy atom. The van der Waals surface area contributed by atoms with E-state index in [1.165, 1.54) is 114 Å². The molecule has 2 heteroatoms. The molecule has 0 radical (unpaired) electrons.